The van der Waals surface area contributed by atoms with Gasteiger partial charge in [0.1, 0.15) is 12.5 Å². The molecule has 86 valence electrons. The van der Waals surface area contributed by atoms with Crippen LogP contribution in [0.3, 0.4) is 0 Å². The summed E-state index contributed by atoms with van der Waals surface area (Å²) >= 11 is 0. The fourth-order valence-electron chi connectivity index (χ4n) is 0.288. The second-order valence-electron chi connectivity index (χ2n) is 2.48. The number of carbonyl (C=O) groups is 3. The Morgan fingerprint density at radius 3 is 1.81 bits per heavy atom. The van der Waals surface area contributed by atoms with Crippen molar-refractivity contribution >= 4 is 23.7 Å². The van der Waals surface area contributed by atoms with Gasteiger partial charge in [-0.1, -0.05) is 0 Å². The first-order valence-electron chi connectivity index (χ1n) is 3.67. The first kappa shape index (κ1) is 20.3. The van der Waals surface area contributed by atoms with Gasteiger partial charge in [-0.25, -0.2) is 0 Å². The fraction of sp³-hybridized carbons (Fsp3) is 0.429. The maximum absolute atomic E-state index is 9.92. The van der Waals surface area contributed by atoms with Crippen molar-refractivity contribution in [2.24, 2.45) is 5.73 Å². The number of carbonyl (C=O) groups excluding carboxylic acids is 2. The van der Waals surface area contributed by atoms with Crippen molar-refractivity contribution in [3.05, 3.63) is 0 Å². The Kier molecular flexibility index (Phi) is 13.2. The molecule has 0 aromatic rings. The first-order valence-corrected chi connectivity index (χ1v) is 3.67. The van der Waals surface area contributed by atoms with Gasteiger partial charge in [0.05, 0.1) is 0 Å². The number of carboxylic acid groups (broad SMARTS) is 2. The summed E-state index contributed by atoms with van der Waals surface area (Å²) in [7, 11) is 1.44. The standard InChI is InChI=1S/C4H9N3O2.C3H4O3.Na/c1-7(4(5)6)2-3(8)9;1-2(4)3(5)6;/h2H2,1H3,(H3,5,6)(H,8,9);1H3,(H,5,6);/q;;+1/p-1. The van der Waals surface area contributed by atoms with Crippen LogP contribution >= 0.6 is 0 Å². The molecule has 0 unspecified atom stereocenters. The zero-order valence-corrected chi connectivity index (χ0v) is 11.3. The number of hydrogen-bond acceptors (Lipinski definition) is 5. The summed E-state index contributed by atoms with van der Waals surface area (Å²) in [4.78, 5) is 29.8. The van der Waals surface area contributed by atoms with E-state index in [1.54, 1.807) is 0 Å². The van der Waals surface area contributed by atoms with Gasteiger partial charge < -0.3 is 25.6 Å². The summed E-state index contributed by atoms with van der Waals surface area (Å²) in [5.41, 5.74) is 4.93. The normalized spacial score (nSPS) is 7.62. The number of likely N-dealkylation sites (N-methyl/N-ethyl adjacent to an activating group) is 1. The van der Waals surface area contributed by atoms with E-state index in [0.717, 1.165) is 11.8 Å². The van der Waals surface area contributed by atoms with Crippen molar-refractivity contribution in [2.75, 3.05) is 13.6 Å². The van der Waals surface area contributed by atoms with Crippen LogP contribution in [0, 0.1) is 5.41 Å². The van der Waals surface area contributed by atoms with E-state index in [4.69, 9.17) is 16.2 Å². The monoisotopic (exact) mass is 241 g/mol. The van der Waals surface area contributed by atoms with Crippen LogP contribution in [0.15, 0.2) is 0 Å². The number of Topliss-reactive ketones (excluding diaryl/α,β-unsaturated/α-hetero) is 1. The van der Waals surface area contributed by atoms with Crippen molar-refractivity contribution in [2.45, 2.75) is 6.92 Å². The number of nitrogens with two attached hydrogens (primary N) is 1. The van der Waals surface area contributed by atoms with E-state index in [9.17, 15) is 19.5 Å². The van der Waals surface area contributed by atoms with Gasteiger partial charge in [0, 0.05) is 14.0 Å². The molecule has 0 spiro atoms. The Balaban J connectivity index is -0.000000214. The van der Waals surface area contributed by atoms with Crippen molar-refractivity contribution in [1.29, 1.82) is 5.41 Å². The number of guanidine groups is 1. The molecule has 0 saturated heterocycles. The fourth-order valence-corrected chi connectivity index (χ4v) is 0.288. The zero-order chi connectivity index (χ0) is 12.6. The molecule has 0 aliphatic carbocycles. The minimum Gasteiger partial charge on any atom is -0.542 e. The second kappa shape index (κ2) is 10.4. The summed E-state index contributed by atoms with van der Waals surface area (Å²) in [5, 5.41) is 24.1. The quantitative estimate of drug-likeness (QED) is 0.193. The third-order valence-corrected chi connectivity index (χ3v) is 1.07. The van der Waals surface area contributed by atoms with Crippen molar-refractivity contribution in [1.82, 2.24) is 4.90 Å². The number of nitrogens with one attached hydrogen (secondary N) is 1. The SMILES string of the molecule is CC(=O)C(=O)[O-].CN(CC(=O)O)C(=N)N.[Na+]. The average Bonchev–Trinajstić information content (AvgIpc) is 2.03. The number of aliphatic carboxylic acids is 2. The minimum absolute atomic E-state index is 0. The Hall–Kier alpha value is -1.12. The van der Waals surface area contributed by atoms with E-state index in [1.165, 1.54) is 7.05 Å². The minimum atomic E-state index is -1.63. The maximum Gasteiger partial charge on any atom is 1.00 e. The van der Waals surface area contributed by atoms with Gasteiger partial charge in [-0.15, -0.1) is 0 Å². The predicted octanol–water partition coefficient (Wildman–Crippen LogP) is -5.77. The Labute approximate surface area is 114 Å². The molecule has 0 bridgehead atoms. The molecule has 0 aromatic heterocycles. The molecule has 0 aromatic carbocycles. The van der Waals surface area contributed by atoms with Gasteiger partial charge in [0.2, 0.25) is 0 Å². The van der Waals surface area contributed by atoms with Crippen molar-refractivity contribution < 1.29 is 54.2 Å². The van der Waals surface area contributed by atoms with Crippen LogP contribution < -0.4 is 40.4 Å². The summed E-state index contributed by atoms with van der Waals surface area (Å²) in [5.74, 6) is -3.80. The number of rotatable bonds is 3. The van der Waals surface area contributed by atoms with E-state index >= 15 is 0 Å². The Morgan fingerprint density at radius 1 is 1.44 bits per heavy atom. The molecule has 0 aliphatic rings. The van der Waals surface area contributed by atoms with Crippen LogP contribution in [0.25, 0.3) is 0 Å². The van der Waals surface area contributed by atoms with Crippen LogP contribution in [-0.2, 0) is 14.4 Å². The molecular formula is C7H12N3NaO5. The van der Waals surface area contributed by atoms with Crippen LogP contribution in [0.5, 0.6) is 0 Å². The molecule has 8 nitrogen and oxygen atoms in total. The number of ketones is 1. The predicted molar refractivity (Wildman–Crippen MR) is 47.9 cm³/mol. The van der Waals surface area contributed by atoms with E-state index in [0.29, 0.717) is 0 Å². The molecule has 0 radical (unpaired) electrons. The van der Waals surface area contributed by atoms with Gasteiger partial charge >= 0.3 is 35.5 Å². The van der Waals surface area contributed by atoms with Crippen molar-refractivity contribution in [3.63, 3.8) is 0 Å². The molecule has 0 amide bonds. The molecular weight excluding hydrogens is 229 g/mol. The number of carboxylic acids is 2. The van der Waals surface area contributed by atoms with E-state index in [1.807, 2.05) is 0 Å². The molecule has 0 fully saturated rings. The topological polar surface area (TPSA) is 148 Å². The number of hydrogen-bond donors (Lipinski definition) is 3. The second-order valence-corrected chi connectivity index (χ2v) is 2.48. The van der Waals surface area contributed by atoms with Gasteiger partial charge in [0.15, 0.2) is 11.7 Å². The maximum atomic E-state index is 9.92. The molecule has 9 heteroatoms. The van der Waals surface area contributed by atoms with Gasteiger partial charge in [0.25, 0.3) is 0 Å². The number of nitrogens with zero attached hydrogens (tertiary/aromatic N) is 1. The van der Waals surface area contributed by atoms with Crippen LogP contribution in [0.2, 0.25) is 0 Å². The van der Waals surface area contributed by atoms with Crippen LogP contribution in [-0.4, -0.2) is 47.3 Å². The molecule has 0 heterocycles. The third-order valence-electron chi connectivity index (χ3n) is 1.07. The Bertz CT molecular complexity index is 269. The van der Waals surface area contributed by atoms with Gasteiger partial charge in [-0.3, -0.25) is 15.0 Å². The van der Waals surface area contributed by atoms with Crippen molar-refractivity contribution in [3.8, 4) is 0 Å². The molecule has 0 aliphatic heterocycles. The van der Waals surface area contributed by atoms with E-state index in [2.05, 4.69) is 0 Å². The Morgan fingerprint density at radius 2 is 1.75 bits per heavy atom. The molecule has 0 rings (SSSR count). The van der Waals surface area contributed by atoms with Gasteiger partial charge in [-0.2, -0.15) is 0 Å². The van der Waals surface area contributed by atoms with Crippen LogP contribution in [0.1, 0.15) is 6.92 Å². The third kappa shape index (κ3) is 15.4. The molecule has 16 heavy (non-hydrogen) atoms. The zero-order valence-electron chi connectivity index (χ0n) is 9.31. The smallest absolute Gasteiger partial charge is 0.542 e. The van der Waals surface area contributed by atoms with E-state index < -0.39 is 17.7 Å². The molecule has 4 N–H and O–H groups in total. The largest absolute Gasteiger partial charge is 1.00 e. The summed E-state index contributed by atoms with van der Waals surface area (Å²) in [6.07, 6.45) is 0. The van der Waals surface area contributed by atoms with E-state index in [-0.39, 0.29) is 42.1 Å². The van der Waals surface area contributed by atoms with Gasteiger partial charge in [-0.05, 0) is 0 Å². The average molecular weight is 241 g/mol. The van der Waals surface area contributed by atoms with Crippen LogP contribution in [0.4, 0.5) is 0 Å². The molecule has 0 atom stereocenters. The summed E-state index contributed by atoms with van der Waals surface area (Å²) in [6.45, 7) is 0.713. The summed E-state index contributed by atoms with van der Waals surface area (Å²) < 4.78 is 0. The summed E-state index contributed by atoms with van der Waals surface area (Å²) in [6, 6.07) is 0. The first-order chi connectivity index (χ1) is 6.68. The molecule has 0 saturated carbocycles.